The quantitative estimate of drug-likeness (QED) is 0.252. The molecule has 0 heterocycles. The van der Waals surface area contributed by atoms with Crippen LogP contribution in [0.2, 0.25) is 0 Å². The van der Waals surface area contributed by atoms with Gasteiger partial charge in [0.1, 0.15) is 5.75 Å². The van der Waals surface area contributed by atoms with Gasteiger partial charge >= 0.3 is 0 Å². The van der Waals surface area contributed by atoms with E-state index in [9.17, 15) is 20.1 Å². The second-order valence-corrected chi connectivity index (χ2v) is 10.5. The summed E-state index contributed by atoms with van der Waals surface area (Å²) in [6.45, 7) is 2.51. The van der Waals surface area contributed by atoms with Crippen molar-refractivity contribution in [3.05, 3.63) is 94.5 Å². The molecule has 1 amide bonds. The van der Waals surface area contributed by atoms with Crippen molar-refractivity contribution in [3.63, 3.8) is 0 Å². The molecule has 0 radical (unpaired) electrons. The maximum absolute atomic E-state index is 13.4. The highest BCUT2D eigenvalue weighted by atomic mass is 16.5. The number of aliphatic hydroxyl groups is 1. The number of aryl methyl sites for hydroxylation is 1. The summed E-state index contributed by atoms with van der Waals surface area (Å²) < 4.78 is 0. The number of carbonyl (C=O) groups excluding carboxylic acids is 1. The molecule has 2 N–H and O–H groups in total. The van der Waals surface area contributed by atoms with Crippen molar-refractivity contribution in [2.45, 2.75) is 77.5 Å². The highest BCUT2D eigenvalue weighted by Gasteiger charge is 2.21. The van der Waals surface area contributed by atoms with E-state index in [2.05, 4.69) is 43.0 Å². The Morgan fingerprint density at radius 2 is 1.59 bits per heavy atom. The largest absolute Gasteiger partial charge is 0.828 e. The van der Waals surface area contributed by atoms with E-state index in [1.54, 1.807) is 11.0 Å². The summed E-state index contributed by atoms with van der Waals surface area (Å²) >= 11 is 0. The third kappa shape index (κ3) is 8.20. The second kappa shape index (κ2) is 14.0. The predicted molar refractivity (Wildman–Crippen MR) is 153 cm³/mol. The molecule has 0 aliphatic heterocycles. The first-order valence-electron chi connectivity index (χ1n) is 14.1. The van der Waals surface area contributed by atoms with E-state index in [1.165, 1.54) is 56.2 Å². The molecule has 1 fully saturated rings. The minimum Gasteiger partial charge on any atom is -0.828 e. The Bertz CT molecular complexity index is 1280. The van der Waals surface area contributed by atoms with Crippen molar-refractivity contribution >= 4 is 11.6 Å². The lowest BCUT2D eigenvalue weighted by molar-refractivity contribution is -0.490. The molecule has 0 saturated heterocycles. The highest BCUT2D eigenvalue weighted by molar-refractivity contribution is 5.93. The molecule has 5 heteroatoms. The summed E-state index contributed by atoms with van der Waals surface area (Å²) in [5, 5.41) is 31.3. The third-order valence-corrected chi connectivity index (χ3v) is 7.55. The Labute approximate surface area is 232 Å². The third-order valence-electron chi connectivity index (χ3n) is 7.55. The van der Waals surface area contributed by atoms with Crippen molar-refractivity contribution in [3.8, 4) is 17.6 Å². The number of phenolic OH excluding ortho intramolecular Hbond substituents is 1. The van der Waals surface area contributed by atoms with Crippen LogP contribution in [-0.2, 0) is 17.8 Å². The van der Waals surface area contributed by atoms with E-state index in [0.29, 0.717) is 24.6 Å². The zero-order valence-electron chi connectivity index (χ0n) is 22.7. The molecule has 0 spiro atoms. The van der Waals surface area contributed by atoms with Gasteiger partial charge in [0.2, 0.25) is 5.91 Å². The van der Waals surface area contributed by atoms with E-state index < -0.39 is 6.29 Å². The number of hydrogen-bond acceptors (Lipinski definition) is 4. The highest BCUT2D eigenvalue weighted by Crippen LogP contribution is 2.31. The molecule has 1 saturated carbocycles. The summed E-state index contributed by atoms with van der Waals surface area (Å²) in [5.41, 5.74) is 4.47. The standard InChI is InChI=1S/C34H38NO4/c1-2-3-6-26-9-11-27(12-10-26)13-14-28-15-17-29(18-16-28)24-35(33(37)22-19-25-7-4-5-8-25)30-20-21-32(36)31(23-30)34(38)39/h9-12,15-18,20-21,23,25,34,36,38H,2-8,19,22,24H2,1H3/q-1. The number of hydrogen-bond donors (Lipinski definition) is 2. The maximum Gasteiger partial charge on any atom is 0.227 e. The number of phenols is 1. The average molecular weight is 525 g/mol. The van der Waals surface area contributed by atoms with Gasteiger partial charge in [0, 0.05) is 35.1 Å². The van der Waals surface area contributed by atoms with Crippen molar-refractivity contribution in [1.29, 1.82) is 0 Å². The number of rotatable bonds is 10. The minimum absolute atomic E-state index is 0.0369. The van der Waals surface area contributed by atoms with Crippen LogP contribution in [0.5, 0.6) is 5.75 Å². The van der Waals surface area contributed by atoms with E-state index >= 15 is 0 Å². The lowest BCUT2D eigenvalue weighted by Crippen LogP contribution is -2.31. The summed E-state index contributed by atoms with van der Waals surface area (Å²) in [5.74, 6) is 6.70. The van der Waals surface area contributed by atoms with Gasteiger partial charge < -0.3 is 20.2 Å². The van der Waals surface area contributed by atoms with Gasteiger partial charge in [0.15, 0.2) is 0 Å². The predicted octanol–water partition coefficient (Wildman–Crippen LogP) is 5.99. The van der Waals surface area contributed by atoms with Crippen LogP contribution in [-0.4, -0.2) is 16.1 Å². The Morgan fingerprint density at radius 3 is 2.18 bits per heavy atom. The SMILES string of the molecule is CCCCc1ccc(C#Cc2ccc(CN(C(=O)CCC3CCCC3)c3ccc(O)c(C([O-])O)c3)cc2)cc1. The number of anilines is 1. The molecular weight excluding hydrogens is 486 g/mol. The Morgan fingerprint density at radius 1 is 0.974 bits per heavy atom. The smallest absolute Gasteiger partial charge is 0.227 e. The normalized spacial score (nSPS) is 14.0. The van der Waals surface area contributed by atoms with Gasteiger partial charge in [-0.2, -0.15) is 0 Å². The Hall–Kier alpha value is -3.59. The molecule has 39 heavy (non-hydrogen) atoms. The van der Waals surface area contributed by atoms with Gasteiger partial charge in [-0.25, -0.2) is 0 Å². The number of nitrogens with zero attached hydrogens (tertiary/aromatic N) is 1. The van der Waals surface area contributed by atoms with E-state index in [1.807, 2.05) is 24.3 Å². The first kappa shape index (κ1) is 28.4. The van der Waals surface area contributed by atoms with E-state index in [0.717, 1.165) is 29.5 Å². The topological polar surface area (TPSA) is 83.8 Å². The fourth-order valence-corrected chi connectivity index (χ4v) is 5.15. The molecule has 4 rings (SSSR count). The first-order chi connectivity index (χ1) is 18.9. The van der Waals surface area contributed by atoms with Gasteiger partial charge in [0.05, 0.1) is 6.54 Å². The Kier molecular flexibility index (Phi) is 10.2. The first-order valence-corrected chi connectivity index (χ1v) is 14.1. The molecule has 3 aromatic rings. The van der Waals surface area contributed by atoms with Crippen molar-refractivity contribution in [2.75, 3.05) is 4.90 Å². The molecule has 1 unspecified atom stereocenters. The van der Waals surface area contributed by atoms with Crippen LogP contribution in [0.4, 0.5) is 5.69 Å². The lowest BCUT2D eigenvalue weighted by atomic mass is 10.0. The van der Waals surface area contributed by atoms with Crippen LogP contribution >= 0.6 is 0 Å². The molecule has 0 bridgehead atoms. The van der Waals surface area contributed by atoms with Gasteiger partial charge in [-0.15, -0.1) is 0 Å². The maximum atomic E-state index is 13.4. The Balaban J connectivity index is 1.48. The van der Waals surface area contributed by atoms with Crippen LogP contribution < -0.4 is 10.0 Å². The number of aromatic hydroxyl groups is 1. The van der Waals surface area contributed by atoms with Gasteiger partial charge in [-0.1, -0.05) is 75.1 Å². The molecule has 3 aromatic carbocycles. The monoisotopic (exact) mass is 524 g/mol. The zero-order chi connectivity index (χ0) is 27.6. The summed E-state index contributed by atoms with van der Waals surface area (Å²) in [7, 11) is 0. The van der Waals surface area contributed by atoms with E-state index in [-0.39, 0.29) is 17.2 Å². The molecule has 1 aliphatic carbocycles. The average Bonchev–Trinajstić information content (AvgIpc) is 3.48. The number of benzene rings is 3. The molecule has 5 nitrogen and oxygen atoms in total. The molecule has 0 aromatic heterocycles. The van der Waals surface area contributed by atoms with Gasteiger partial charge in [0.25, 0.3) is 0 Å². The zero-order valence-corrected chi connectivity index (χ0v) is 22.7. The number of carbonyl (C=O) groups is 1. The minimum atomic E-state index is -2.08. The summed E-state index contributed by atoms with van der Waals surface area (Å²) in [6, 6.07) is 20.6. The van der Waals surface area contributed by atoms with Gasteiger partial charge in [-0.3, -0.25) is 4.79 Å². The number of unbranched alkanes of at least 4 members (excludes halogenated alkanes) is 1. The number of amides is 1. The van der Waals surface area contributed by atoms with Crippen LogP contribution in [0.25, 0.3) is 0 Å². The molecule has 1 atom stereocenters. The van der Waals surface area contributed by atoms with E-state index in [4.69, 9.17) is 0 Å². The summed E-state index contributed by atoms with van der Waals surface area (Å²) in [6.07, 6.45) is 7.45. The van der Waals surface area contributed by atoms with Gasteiger partial charge in [-0.05, 0) is 78.8 Å². The molecule has 204 valence electrons. The van der Waals surface area contributed by atoms with Crippen LogP contribution in [0.3, 0.4) is 0 Å². The van der Waals surface area contributed by atoms with Crippen molar-refractivity contribution in [2.24, 2.45) is 5.92 Å². The molecular formula is C34H38NO4-. The second-order valence-electron chi connectivity index (χ2n) is 10.5. The van der Waals surface area contributed by atoms with Crippen LogP contribution in [0, 0.1) is 17.8 Å². The van der Waals surface area contributed by atoms with Crippen LogP contribution in [0.1, 0.15) is 92.4 Å². The van der Waals surface area contributed by atoms with Crippen LogP contribution in [0.15, 0.2) is 66.7 Å². The fourth-order valence-electron chi connectivity index (χ4n) is 5.15. The summed E-state index contributed by atoms with van der Waals surface area (Å²) in [4.78, 5) is 15.0. The lowest BCUT2D eigenvalue weighted by Gasteiger charge is -2.26. The van der Waals surface area contributed by atoms with Crippen molar-refractivity contribution in [1.82, 2.24) is 0 Å². The van der Waals surface area contributed by atoms with Crippen molar-refractivity contribution < 1.29 is 20.1 Å². The molecule has 1 aliphatic rings. The number of aliphatic hydroxyl groups excluding tert-OH is 1. The fraction of sp³-hybridized carbons (Fsp3) is 0.382.